The number of morpholine rings is 1. The fraction of sp³-hybridized carbons (Fsp3) is 0.333. The molecule has 9 heteroatoms. The van der Waals surface area contributed by atoms with E-state index in [0.29, 0.717) is 17.8 Å². The van der Waals surface area contributed by atoms with Crippen LogP contribution in [0.4, 0.5) is 5.69 Å². The van der Waals surface area contributed by atoms with Crippen molar-refractivity contribution in [3.8, 4) is 5.69 Å². The van der Waals surface area contributed by atoms with Gasteiger partial charge in [0.1, 0.15) is 0 Å². The average Bonchev–Trinajstić information content (AvgIpc) is 3.28. The number of benzene rings is 2. The number of carbonyl (C=O) groups is 1. The van der Waals surface area contributed by atoms with Crippen LogP contribution in [0.1, 0.15) is 35.3 Å². The van der Waals surface area contributed by atoms with Gasteiger partial charge in [-0.2, -0.15) is 5.10 Å². The molecule has 1 aliphatic heterocycles. The molecule has 4 rings (SSSR count). The Bertz CT molecular complexity index is 1100. The van der Waals surface area contributed by atoms with Gasteiger partial charge in [0.25, 0.3) is 11.6 Å². The van der Waals surface area contributed by atoms with Gasteiger partial charge in [0, 0.05) is 44.5 Å². The van der Waals surface area contributed by atoms with Crippen molar-refractivity contribution in [1.82, 2.24) is 20.0 Å². The number of amides is 1. The van der Waals surface area contributed by atoms with E-state index in [-0.39, 0.29) is 23.8 Å². The Hall–Kier alpha value is -3.56. The number of non-ortho nitro benzene ring substituents is 1. The van der Waals surface area contributed by atoms with E-state index in [1.165, 1.54) is 28.6 Å². The van der Waals surface area contributed by atoms with E-state index >= 15 is 0 Å². The molecule has 9 nitrogen and oxygen atoms in total. The lowest BCUT2D eigenvalue weighted by molar-refractivity contribution is -0.384. The number of carbonyl (C=O) groups excluding carboxylic acids is 1. The average molecular weight is 450 g/mol. The van der Waals surface area contributed by atoms with Crippen LogP contribution in [0.25, 0.3) is 5.69 Å². The number of rotatable bonds is 7. The molecule has 1 saturated heterocycles. The quantitative estimate of drug-likeness (QED) is 0.439. The van der Waals surface area contributed by atoms with Crippen LogP contribution in [0, 0.1) is 10.1 Å². The molecule has 1 amide bonds. The van der Waals surface area contributed by atoms with Crippen LogP contribution < -0.4 is 5.32 Å². The summed E-state index contributed by atoms with van der Waals surface area (Å²) in [5, 5.41) is 17.9. The van der Waals surface area contributed by atoms with Gasteiger partial charge in [-0.1, -0.05) is 24.3 Å². The second-order valence-electron chi connectivity index (χ2n) is 8.40. The monoisotopic (exact) mass is 449 g/mol. The number of hydrogen-bond donors (Lipinski definition) is 1. The maximum Gasteiger partial charge on any atom is 0.269 e. The molecule has 0 radical (unpaired) electrons. The number of aromatic nitrogens is 2. The summed E-state index contributed by atoms with van der Waals surface area (Å²) in [6, 6.07) is 14.2. The fourth-order valence-corrected chi connectivity index (χ4v) is 4.03. The maximum absolute atomic E-state index is 12.5. The number of nitrogens with one attached hydrogen (secondary N) is 1. The van der Waals surface area contributed by atoms with Gasteiger partial charge in [-0.25, -0.2) is 4.68 Å². The van der Waals surface area contributed by atoms with Crippen molar-refractivity contribution in [2.24, 2.45) is 0 Å². The SMILES string of the molecule is CC1CN(Cc2ccc(CNC(=O)c3cnn(-c4ccc([N+](=O)[O-])cc4)c3)cc2)CC(C)O1. The first kappa shape index (κ1) is 22.6. The second kappa shape index (κ2) is 9.93. The lowest BCUT2D eigenvalue weighted by Gasteiger charge is -2.35. The third-order valence-corrected chi connectivity index (χ3v) is 5.55. The summed E-state index contributed by atoms with van der Waals surface area (Å²) in [7, 11) is 0. The normalized spacial score (nSPS) is 18.7. The third-order valence-electron chi connectivity index (χ3n) is 5.55. The largest absolute Gasteiger partial charge is 0.373 e. The maximum atomic E-state index is 12.5. The highest BCUT2D eigenvalue weighted by Crippen LogP contribution is 2.16. The Morgan fingerprint density at radius 2 is 1.73 bits per heavy atom. The summed E-state index contributed by atoms with van der Waals surface area (Å²) in [6.45, 7) is 7.35. The summed E-state index contributed by atoms with van der Waals surface area (Å²) in [6.07, 6.45) is 3.56. The van der Waals surface area contributed by atoms with Crippen LogP contribution in [0.5, 0.6) is 0 Å². The summed E-state index contributed by atoms with van der Waals surface area (Å²) in [4.78, 5) is 25.3. The van der Waals surface area contributed by atoms with E-state index in [9.17, 15) is 14.9 Å². The molecule has 0 saturated carbocycles. The fourth-order valence-electron chi connectivity index (χ4n) is 4.03. The highest BCUT2D eigenvalue weighted by Gasteiger charge is 2.22. The van der Waals surface area contributed by atoms with Crippen LogP contribution in [-0.2, 0) is 17.8 Å². The van der Waals surface area contributed by atoms with Gasteiger partial charge < -0.3 is 10.1 Å². The summed E-state index contributed by atoms with van der Waals surface area (Å²) < 4.78 is 7.31. The van der Waals surface area contributed by atoms with E-state index in [0.717, 1.165) is 25.2 Å². The molecule has 1 aromatic heterocycles. The number of nitrogens with zero attached hydrogens (tertiary/aromatic N) is 4. The Morgan fingerprint density at radius 3 is 2.36 bits per heavy atom. The van der Waals surface area contributed by atoms with Gasteiger partial charge in [-0.05, 0) is 37.1 Å². The van der Waals surface area contributed by atoms with E-state index in [4.69, 9.17) is 4.74 Å². The first-order valence-corrected chi connectivity index (χ1v) is 10.9. The summed E-state index contributed by atoms with van der Waals surface area (Å²) in [5.74, 6) is -0.233. The zero-order valence-electron chi connectivity index (χ0n) is 18.7. The number of hydrogen-bond acceptors (Lipinski definition) is 6. The molecule has 1 fully saturated rings. The molecule has 172 valence electrons. The Morgan fingerprint density at radius 1 is 1.09 bits per heavy atom. The number of ether oxygens (including phenoxy) is 1. The van der Waals surface area contributed by atoms with Crippen molar-refractivity contribution in [3.05, 3.63) is 87.7 Å². The van der Waals surface area contributed by atoms with E-state index in [2.05, 4.69) is 41.3 Å². The minimum absolute atomic E-state index is 0.00366. The van der Waals surface area contributed by atoms with Crippen LogP contribution in [0.15, 0.2) is 60.9 Å². The molecule has 2 aromatic carbocycles. The van der Waals surface area contributed by atoms with Gasteiger partial charge in [0.15, 0.2) is 0 Å². The highest BCUT2D eigenvalue weighted by atomic mass is 16.6. The molecule has 2 heterocycles. The lowest BCUT2D eigenvalue weighted by Crippen LogP contribution is -2.44. The van der Waals surface area contributed by atoms with Crippen molar-refractivity contribution in [1.29, 1.82) is 0 Å². The van der Waals surface area contributed by atoms with Gasteiger partial charge in [-0.15, -0.1) is 0 Å². The Labute approximate surface area is 192 Å². The smallest absolute Gasteiger partial charge is 0.269 e. The number of nitro groups is 1. The predicted molar refractivity (Wildman–Crippen MR) is 123 cm³/mol. The molecule has 2 unspecified atom stereocenters. The van der Waals surface area contributed by atoms with Crippen molar-refractivity contribution < 1.29 is 14.5 Å². The van der Waals surface area contributed by atoms with Crippen LogP contribution >= 0.6 is 0 Å². The van der Waals surface area contributed by atoms with Crippen molar-refractivity contribution in [2.45, 2.75) is 39.1 Å². The first-order chi connectivity index (χ1) is 15.9. The lowest BCUT2D eigenvalue weighted by atomic mass is 10.1. The number of nitro benzene ring substituents is 1. The van der Waals surface area contributed by atoms with Crippen molar-refractivity contribution >= 4 is 11.6 Å². The Kier molecular flexibility index (Phi) is 6.81. The standard InChI is InChI=1S/C24H27N5O4/c1-17-13-27(14-18(2)33-17)15-20-5-3-19(4-6-20)11-25-24(30)21-12-26-28(16-21)22-7-9-23(10-8-22)29(31)32/h3-10,12,16-18H,11,13-15H2,1-2H3,(H,25,30). The zero-order valence-corrected chi connectivity index (χ0v) is 18.7. The molecule has 2 atom stereocenters. The topological polar surface area (TPSA) is 103 Å². The van der Waals surface area contributed by atoms with Crippen LogP contribution in [0.2, 0.25) is 0 Å². The van der Waals surface area contributed by atoms with Gasteiger partial charge in [0.05, 0.1) is 34.6 Å². The molecule has 0 aliphatic carbocycles. The van der Waals surface area contributed by atoms with Gasteiger partial charge in [0.2, 0.25) is 0 Å². The van der Waals surface area contributed by atoms with E-state index < -0.39 is 4.92 Å². The van der Waals surface area contributed by atoms with Crippen LogP contribution in [-0.4, -0.2) is 50.8 Å². The molecule has 1 aliphatic rings. The molecule has 1 N–H and O–H groups in total. The Balaban J connectivity index is 1.30. The van der Waals surface area contributed by atoms with Gasteiger partial charge >= 0.3 is 0 Å². The predicted octanol–water partition coefficient (Wildman–Crippen LogP) is 3.32. The third kappa shape index (κ3) is 5.82. The molecule has 0 spiro atoms. The minimum Gasteiger partial charge on any atom is -0.373 e. The molecule has 3 aromatic rings. The summed E-state index contributed by atoms with van der Waals surface area (Å²) >= 11 is 0. The second-order valence-corrected chi connectivity index (χ2v) is 8.40. The van der Waals surface area contributed by atoms with Gasteiger partial charge in [-0.3, -0.25) is 19.8 Å². The molecule has 33 heavy (non-hydrogen) atoms. The molecular formula is C24H27N5O4. The first-order valence-electron chi connectivity index (χ1n) is 10.9. The molecular weight excluding hydrogens is 422 g/mol. The minimum atomic E-state index is -0.457. The van der Waals surface area contributed by atoms with E-state index in [1.807, 2.05) is 12.1 Å². The summed E-state index contributed by atoms with van der Waals surface area (Å²) in [5.41, 5.74) is 3.30. The van der Waals surface area contributed by atoms with Crippen molar-refractivity contribution in [2.75, 3.05) is 13.1 Å². The van der Waals surface area contributed by atoms with E-state index in [1.54, 1.807) is 18.3 Å². The zero-order chi connectivity index (χ0) is 23.4. The highest BCUT2D eigenvalue weighted by molar-refractivity contribution is 5.93. The molecule has 0 bridgehead atoms. The van der Waals surface area contributed by atoms with Crippen molar-refractivity contribution in [3.63, 3.8) is 0 Å². The van der Waals surface area contributed by atoms with Crippen LogP contribution in [0.3, 0.4) is 0 Å².